The van der Waals surface area contributed by atoms with Crippen LogP contribution in [0.5, 0.6) is 0 Å². The maximum atomic E-state index is 12.8. The molecule has 0 atom stereocenters. The topological polar surface area (TPSA) is 12.0 Å². The van der Waals surface area contributed by atoms with Crippen molar-refractivity contribution in [3.05, 3.63) is 35.4 Å². The van der Waals surface area contributed by atoms with Crippen LogP contribution in [0.2, 0.25) is 0 Å². The van der Waals surface area contributed by atoms with Crippen molar-refractivity contribution in [2.75, 3.05) is 6.54 Å². The number of hydrogen-bond acceptors (Lipinski definition) is 1. The second-order valence-electron chi connectivity index (χ2n) is 5.78. The Balaban J connectivity index is 1.96. The van der Waals surface area contributed by atoms with E-state index in [2.05, 4.69) is 12.2 Å². The molecule has 1 aliphatic carbocycles. The fourth-order valence-corrected chi connectivity index (χ4v) is 2.86. The Morgan fingerprint density at radius 2 is 1.79 bits per heavy atom. The van der Waals surface area contributed by atoms with Gasteiger partial charge in [0.1, 0.15) is 0 Å². The zero-order chi connectivity index (χ0) is 13.9. The zero-order valence-electron chi connectivity index (χ0n) is 11.2. The minimum Gasteiger partial charge on any atom is -0.312 e. The molecule has 1 saturated carbocycles. The van der Waals surface area contributed by atoms with Crippen molar-refractivity contribution in [1.29, 1.82) is 0 Å². The molecule has 0 aromatic heterocycles. The summed E-state index contributed by atoms with van der Waals surface area (Å²) in [5.74, 6) is 0. The van der Waals surface area contributed by atoms with Crippen LogP contribution >= 0.6 is 0 Å². The van der Waals surface area contributed by atoms with Crippen LogP contribution < -0.4 is 5.32 Å². The molecule has 0 spiro atoms. The third-order valence-electron chi connectivity index (χ3n) is 4.00. The van der Waals surface area contributed by atoms with Gasteiger partial charge in [0, 0.05) is 13.1 Å². The highest BCUT2D eigenvalue weighted by Gasteiger charge is 2.33. The van der Waals surface area contributed by atoms with Crippen molar-refractivity contribution in [2.45, 2.75) is 45.3 Å². The molecule has 19 heavy (non-hydrogen) atoms. The van der Waals surface area contributed by atoms with E-state index >= 15 is 0 Å². The number of alkyl halides is 3. The minimum atomic E-state index is -4.27. The molecule has 106 valence electrons. The Morgan fingerprint density at radius 3 is 2.42 bits per heavy atom. The SMILES string of the molecule is CC1(CNCc2ccccc2C(F)(F)F)CCCC1. The molecule has 0 heterocycles. The van der Waals surface area contributed by atoms with Gasteiger partial charge in [0.2, 0.25) is 0 Å². The summed E-state index contributed by atoms with van der Waals surface area (Å²) in [6.45, 7) is 3.28. The molecule has 4 heteroatoms. The van der Waals surface area contributed by atoms with Gasteiger partial charge in [-0.1, -0.05) is 38.0 Å². The van der Waals surface area contributed by atoms with Gasteiger partial charge in [-0.05, 0) is 29.9 Å². The third kappa shape index (κ3) is 3.72. The average Bonchev–Trinajstić information content (AvgIpc) is 2.76. The lowest BCUT2D eigenvalue weighted by atomic mass is 9.89. The number of hydrogen-bond donors (Lipinski definition) is 1. The quantitative estimate of drug-likeness (QED) is 0.857. The van der Waals surface area contributed by atoms with Crippen molar-refractivity contribution in [3.63, 3.8) is 0 Å². The smallest absolute Gasteiger partial charge is 0.312 e. The van der Waals surface area contributed by atoms with Crippen LogP contribution in [0.25, 0.3) is 0 Å². The van der Waals surface area contributed by atoms with Crippen molar-refractivity contribution in [1.82, 2.24) is 5.32 Å². The first-order valence-corrected chi connectivity index (χ1v) is 6.77. The molecule has 0 aliphatic heterocycles. The van der Waals surface area contributed by atoms with Crippen molar-refractivity contribution in [3.8, 4) is 0 Å². The summed E-state index contributed by atoms with van der Waals surface area (Å²) < 4.78 is 38.5. The molecular weight excluding hydrogens is 251 g/mol. The Hall–Kier alpha value is -1.03. The Kier molecular flexibility index (Phi) is 4.19. The summed E-state index contributed by atoms with van der Waals surface area (Å²) in [5.41, 5.74) is 0.0587. The van der Waals surface area contributed by atoms with E-state index in [0.29, 0.717) is 5.56 Å². The lowest BCUT2D eigenvalue weighted by Crippen LogP contribution is -2.29. The predicted octanol–water partition coefficient (Wildman–Crippen LogP) is 4.38. The lowest BCUT2D eigenvalue weighted by molar-refractivity contribution is -0.138. The normalized spacial score (nSPS) is 18.7. The van der Waals surface area contributed by atoms with E-state index in [4.69, 9.17) is 0 Å². The van der Waals surface area contributed by atoms with Gasteiger partial charge in [0.05, 0.1) is 5.56 Å². The van der Waals surface area contributed by atoms with Gasteiger partial charge < -0.3 is 5.32 Å². The average molecular weight is 271 g/mol. The van der Waals surface area contributed by atoms with E-state index in [-0.39, 0.29) is 12.0 Å². The predicted molar refractivity (Wildman–Crippen MR) is 69.7 cm³/mol. The molecule has 0 saturated heterocycles. The number of benzene rings is 1. The molecule has 0 radical (unpaired) electrons. The minimum absolute atomic E-state index is 0.257. The fraction of sp³-hybridized carbons (Fsp3) is 0.600. The van der Waals surface area contributed by atoms with Gasteiger partial charge >= 0.3 is 6.18 Å². The summed E-state index contributed by atoms with van der Waals surface area (Å²) in [6.07, 6.45) is 0.534. The van der Waals surface area contributed by atoms with E-state index in [1.807, 2.05) is 0 Å². The van der Waals surface area contributed by atoms with Crippen LogP contribution in [0.15, 0.2) is 24.3 Å². The van der Waals surface area contributed by atoms with Gasteiger partial charge in [-0.3, -0.25) is 0 Å². The largest absolute Gasteiger partial charge is 0.416 e. The molecule has 1 aliphatic rings. The number of rotatable bonds is 4. The Labute approximate surface area is 112 Å². The van der Waals surface area contributed by atoms with Crippen LogP contribution in [-0.4, -0.2) is 6.54 Å². The second-order valence-corrected chi connectivity index (χ2v) is 5.78. The highest BCUT2D eigenvalue weighted by atomic mass is 19.4. The van der Waals surface area contributed by atoms with Gasteiger partial charge in [0.25, 0.3) is 0 Å². The van der Waals surface area contributed by atoms with Crippen LogP contribution in [-0.2, 0) is 12.7 Å². The molecule has 0 unspecified atom stereocenters. The second kappa shape index (κ2) is 5.53. The molecule has 1 N–H and O–H groups in total. The van der Waals surface area contributed by atoms with E-state index in [0.717, 1.165) is 12.6 Å². The van der Waals surface area contributed by atoms with Crippen LogP contribution in [0, 0.1) is 5.41 Å². The van der Waals surface area contributed by atoms with Gasteiger partial charge in [-0.15, -0.1) is 0 Å². The maximum Gasteiger partial charge on any atom is 0.416 e. The number of nitrogens with one attached hydrogen (secondary N) is 1. The molecule has 1 nitrogen and oxygen atoms in total. The standard InChI is InChI=1S/C15H20F3N/c1-14(8-4-5-9-14)11-19-10-12-6-2-3-7-13(12)15(16,17)18/h2-3,6-7,19H,4-5,8-11H2,1H3. The van der Waals surface area contributed by atoms with Crippen LogP contribution in [0.4, 0.5) is 13.2 Å². The first kappa shape index (κ1) is 14.4. The zero-order valence-corrected chi connectivity index (χ0v) is 11.2. The van der Waals surface area contributed by atoms with Gasteiger partial charge in [-0.2, -0.15) is 13.2 Å². The molecule has 0 amide bonds. The molecule has 2 rings (SSSR count). The fourth-order valence-electron chi connectivity index (χ4n) is 2.86. The molecule has 1 aromatic rings. The highest BCUT2D eigenvalue weighted by Crippen LogP contribution is 2.37. The van der Waals surface area contributed by atoms with E-state index in [1.165, 1.54) is 31.7 Å². The highest BCUT2D eigenvalue weighted by molar-refractivity contribution is 5.29. The Morgan fingerprint density at radius 1 is 1.16 bits per heavy atom. The molecule has 0 bridgehead atoms. The molecule has 1 fully saturated rings. The van der Waals surface area contributed by atoms with E-state index in [1.54, 1.807) is 12.1 Å². The summed E-state index contributed by atoms with van der Waals surface area (Å²) >= 11 is 0. The van der Waals surface area contributed by atoms with E-state index < -0.39 is 11.7 Å². The Bertz CT molecular complexity index is 420. The van der Waals surface area contributed by atoms with Crippen LogP contribution in [0.1, 0.15) is 43.7 Å². The third-order valence-corrected chi connectivity index (χ3v) is 4.00. The van der Waals surface area contributed by atoms with Crippen molar-refractivity contribution in [2.24, 2.45) is 5.41 Å². The molecular formula is C15H20F3N. The summed E-state index contributed by atoms with van der Waals surface area (Å²) in [4.78, 5) is 0. The van der Waals surface area contributed by atoms with E-state index in [9.17, 15) is 13.2 Å². The lowest BCUT2D eigenvalue weighted by Gasteiger charge is -2.24. The maximum absolute atomic E-state index is 12.8. The summed E-state index contributed by atoms with van der Waals surface area (Å²) in [6, 6.07) is 5.79. The van der Waals surface area contributed by atoms with Crippen LogP contribution in [0.3, 0.4) is 0 Å². The van der Waals surface area contributed by atoms with Crippen molar-refractivity contribution < 1.29 is 13.2 Å². The first-order chi connectivity index (χ1) is 8.91. The first-order valence-electron chi connectivity index (χ1n) is 6.77. The summed E-state index contributed by atoms with van der Waals surface area (Å²) in [5, 5.41) is 3.20. The van der Waals surface area contributed by atoms with Crippen molar-refractivity contribution >= 4 is 0 Å². The molecule has 1 aromatic carbocycles. The monoisotopic (exact) mass is 271 g/mol. The summed E-state index contributed by atoms with van der Waals surface area (Å²) in [7, 11) is 0. The van der Waals surface area contributed by atoms with Gasteiger partial charge in [-0.25, -0.2) is 0 Å². The van der Waals surface area contributed by atoms with Gasteiger partial charge in [0.15, 0.2) is 0 Å². The number of halogens is 3.